The van der Waals surface area contributed by atoms with Crippen molar-refractivity contribution in [2.24, 2.45) is 0 Å². The van der Waals surface area contributed by atoms with Gasteiger partial charge in [0.1, 0.15) is 0 Å². The highest BCUT2D eigenvalue weighted by Gasteiger charge is 2.25. The van der Waals surface area contributed by atoms with Gasteiger partial charge in [-0.05, 0) is 84.7 Å². The fourth-order valence-electron chi connectivity index (χ4n) is 4.05. The summed E-state index contributed by atoms with van der Waals surface area (Å²) in [7, 11) is 0. The highest BCUT2D eigenvalue weighted by molar-refractivity contribution is 6.02. The highest BCUT2D eigenvalue weighted by Crippen LogP contribution is 2.47. The zero-order chi connectivity index (χ0) is 16.1. The first-order chi connectivity index (χ1) is 11.1. The summed E-state index contributed by atoms with van der Waals surface area (Å²) >= 11 is 0. The van der Waals surface area contributed by atoms with Gasteiger partial charge in [-0.1, -0.05) is 53.6 Å². The molecule has 0 saturated heterocycles. The molecule has 0 radical (unpaired) electrons. The Morgan fingerprint density at radius 1 is 0.826 bits per heavy atom. The van der Waals surface area contributed by atoms with Crippen molar-refractivity contribution in [1.29, 1.82) is 0 Å². The molecule has 0 heteroatoms. The van der Waals surface area contributed by atoms with Crippen molar-refractivity contribution in [3.63, 3.8) is 0 Å². The first-order valence-electron chi connectivity index (χ1n) is 8.35. The van der Waals surface area contributed by atoms with Crippen LogP contribution >= 0.6 is 0 Å². The van der Waals surface area contributed by atoms with E-state index in [0.717, 1.165) is 6.42 Å². The number of hydrogen-bond acceptors (Lipinski definition) is 0. The summed E-state index contributed by atoms with van der Waals surface area (Å²) < 4.78 is 0. The summed E-state index contributed by atoms with van der Waals surface area (Å²) in [6.45, 7) is 8.90. The van der Waals surface area contributed by atoms with Crippen LogP contribution in [-0.2, 0) is 0 Å². The fraction of sp³-hybridized carbons (Fsp3) is 0.217. The van der Waals surface area contributed by atoms with Gasteiger partial charge < -0.3 is 0 Å². The lowest BCUT2D eigenvalue weighted by Gasteiger charge is -2.10. The van der Waals surface area contributed by atoms with E-state index in [1.807, 2.05) is 0 Å². The molecule has 2 aromatic rings. The number of hydrogen-bond donors (Lipinski definition) is 0. The van der Waals surface area contributed by atoms with E-state index in [-0.39, 0.29) is 0 Å². The van der Waals surface area contributed by atoms with Gasteiger partial charge in [-0.15, -0.1) is 0 Å². The van der Waals surface area contributed by atoms with Crippen LogP contribution in [0, 0.1) is 0 Å². The minimum absolute atomic E-state index is 1.09. The molecule has 0 unspecified atom stereocenters. The molecule has 2 aliphatic carbocycles. The van der Waals surface area contributed by atoms with Crippen LogP contribution in [0.1, 0.15) is 50.8 Å². The highest BCUT2D eigenvalue weighted by atomic mass is 14.3. The molecule has 0 saturated carbocycles. The molecule has 0 nitrogen and oxygen atoms in total. The Morgan fingerprint density at radius 2 is 1.52 bits per heavy atom. The van der Waals surface area contributed by atoms with Crippen LogP contribution in [0.2, 0.25) is 0 Å². The van der Waals surface area contributed by atoms with E-state index >= 15 is 0 Å². The lowest BCUT2D eigenvalue weighted by Crippen LogP contribution is -1.89. The van der Waals surface area contributed by atoms with Gasteiger partial charge in [0.2, 0.25) is 0 Å². The normalized spacial score (nSPS) is 15.7. The first kappa shape index (κ1) is 14.3. The maximum atomic E-state index is 2.41. The topological polar surface area (TPSA) is 0 Å². The molecule has 0 aromatic heterocycles. The van der Waals surface area contributed by atoms with Crippen LogP contribution < -0.4 is 0 Å². The second kappa shape index (κ2) is 5.09. The second-order valence-corrected chi connectivity index (χ2v) is 7.01. The molecule has 2 aromatic carbocycles. The van der Waals surface area contributed by atoms with Crippen LogP contribution in [0.25, 0.3) is 22.3 Å². The smallest absolute Gasteiger partial charge is 0.00581 e. The summed E-state index contributed by atoms with van der Waals surface area (Å²) in [5, 5.41) is 0. The lowest BCUT2D eigenvalue weighted by atomic mass is 9.94. The van der Waals surface area contributed by atoms with Gasteiger partial charge in [-0.3, -0.25) is 0 Å². The molecular weight excluding hydrogens is 276 g/mol. The van der Waals surface area contributed by atoms with Gasteiger partial charge in [0.15, 0.2) is 0 Å². The minimum atomic E-state index is 1.09. The zero-order valence-corrected chi connectivity index (χ0v) is 14.3. The first-order valence-corrected chi connectivity index (χ1v) is 8.35. The third kappa shape index (κ3) is 2.13. The lowest BCUT2D eigenvalue weighted by molar-refractivity contribution is 1.26. The van der Waals surface area contributed by atoms with Crippen LogP contribution in [-0.4, -0.2) is 0 Å². The zero-order valence-electron chi connectivity index (χ0n) is 14.3. The Bertz CT molecular complexity index is 913. The van der Waals surface area contributed by atoms with E-state index in [2.05, 4.69) is 76.2 Å². The van der Waals surface area contributed by atoms with E-state index in [1.54, 1.807) is 0 Å². The molecule has 0 heterocycles. The quantitative estimate of drug-likeness (QED) is 0.473. The average Bonchev–Trinajstić information content (AvgIpc) is 3.03. The average molecular weight is 298 g/mol. The molecule has 0 aliphatic heterocycles. The van der Waals surface area contributed by atoms with E-state index < -0.39 is 0 Å². The monoisotopic (exact) mass is 298 g/mol. The molecule has 0 N–H and O–H groups in total. The molecule has 114 valence electrons. The molecule has 0 bridgehead atoms. The van der Waals surface area contributed by atoms with Gasteiger partial charge in [0.25, 0.3) is 0 Å². The summed E-state index contributed by atoms with van der Waals surface area (Å²) in [6, 6.07) is 15.8. The van der Waals surface area contributed by atoms with Crippen LogP contribution in [0.4, 0.5) is 0 Å². The Morgan fingerprint density at radius 3 is 2.17 bits per heavy atom. The van der Waals surface area contributed by atoms with Gasteiger partial charge in [-0.25, -0.2) is 0 Å². The van der Waals surface area contributed by atoms with Crippen LogP contribution in [0.15, 0.2) is 65.3 Å². The Hall–Kier alpha value is -2.34. The Balaban J connectivity index is 1.92. The third-order valence-electron chi connectivity index (χ3n) is 5.02. The standard InChI is InChI=1S/C23H22/c1-14(2)23-20-8-6-5-7-18(20)19-10-9-17(13-22(19)23)21-12-15(3)11-16(21)4/h5-11,13H,12H2,1-4H3. The molecule has 2 aliphatic rings. The van der Waals surface area contributed by atoms with Crippen molar-refractivity contribution in [2.45, 2.75) is 34.1 Å². The number of rotatable bonds is 1. The van der Waals surface area contributed by atoms with Gasteiger partial charge in [0, 0.05) is 0 Å². The Labute approximate surface area is 138 Å². The van der Waals surface area contributed by atoms with Crippen LogP contribution in [0.3, 0.4) is 0 Å². The Kier molecular flexibility index (Phi) is 3.16. The summed E-state index contributed by atoms with van der Waals surface area (Å²) in [5.74, 6) is 0. The summed E-state index contributed by atoms with van der Waals surface area (Å²) in [5.41, 5.74) is 14.1. The van der Waals surface area contributed by atoms with E-state index in [0.29, 0.717) is 0 Å². The second-order valence-electron chi connectivity index (χ2n) is 7.01. The van der Waals surface area contributed by atoms with Gasteiger partial charge in [-0.2, -0.15) is 0 Å². The molecule has 4 rings (SSSR count). The number of allylic oxidation sites excluding steroid dienone is 5. The molecule has 0 amide bonds. The van der Waals surface area contributed by atoms with Gasteiger partial charge in [0.05, 0.1) is 0 Å². The van der Waals surface area contributed by atoms with Crippen molar-refractivity contribution in [2.75, 3.05) is 0 Å². The van der Waals surface area contributed by atoms with E-state index in [1.165, 1.54) is 55.7 Å². The van der Waals surface area contributed by atoms with Crippen molar-refractivity contribution in [3.8, 4) is 11.1 Å². The summed E-state index contributed by atoms with van der Waals surface area (Å²) in [4.78, 5) is 0. The molecule has 0 spiro atoms. The number of fused-ring (bicyclic) bond motifs is 3. The van der Waals surface area contributed by atoms with Crippen LogP contribution in [0.5, 0.6) is 0 Å². The predicted molar refractivity (Wildman–Crippen MR) is 100 cm³/mol. The molecule has 0 atom stereocenters. The fourth-order valence-corrected chi connectivity index (χ4v) is 4.05. The van der Waals surface area contributed by atoms with Crippen molar-refractivity contribution >= 4 is 11.1 Å². The van der Waals surface area contributed by atoms with Crippen molar-refractivity contribution in [3.05, 3.63) is 82.0 Å². The number of benzene rings is 2. The minimum Gasteiger partial charge on any atom is -0.0686 e. The predicted octanol–water partition coefficient (Wildman–Crippen LogP) is 6.63. The SMILES string of the molecule is CC1=CC(C)=C(c2ccc3c(c2)C(=C(C)C)c2ccccc2-3)C1. The maximum absolute atomic E-state index is 2.41. The molecule has 0 fully saturated rings. The van der Waals surface area contributed by atoms with E-state index in [9.17, 15) is 0 Å². The molecular formula is C23H22. The third-order valence-corrected chi connectivity index (χ3v) is 5.02. The molecule has 23 heavy (non-hydrogen) atoms. The largest absolute Gasteiger partial charge is 0.0686 e. The van der Waals surface area contributed by atoms with E-state index in [4.69, 9.17) is 0 Å². The van der Waals surface area contributed by atoms with Crippen molar-refractivity contribution < 1.29 is 0 Å². The van der Waals surface area contributed by atoms with Crippen molar-refractivity contribution in [1.82, 2.24) is 0 Å². The maximum Gasteiger partial charge on any atom is -0.00581 e. The van der Waals surface area contributed by atoms with Gasteiger partial charge >= 0.3 is 0 Å². The summed E-state index contributed by atoms with van der Waals surface area (Å²) in [6.07, 6.45) is 3.40.